The smallest absolute Gasteiger partial charge is 0.128 e. The molecule has 0 aliphatic heterocycles. The molecule has 1 aromatic heterocycles. The van der Waals surface area contributed by atoms with Crippen LogP contribution < -0.4 is 5.73 Å². The summed E-state index contributed by atoms with van der Waals surface area (Å²) in [5.74, 6) is 0.622. The van der Waals surface area contributed by atoms with Crippen LogP contribution in [-0.4, -0.2) is 37.2 Å². The summed E-state index contributed by atoms with van der Waals surface area (Å²) >= 11 is 0. The molecule has 2 rings (SSSR count). The summed E-state index contributed by atoms with van der Waals surface area (Å²) < 4.78 is 5.06. The van der Waals surface area contributed by atoms with Gasteiger partial charge in [0.1, 0.15) is 5.82 Å². The summed E-state index contributed by atoms with van der Waals surface area (Å²) in [5, 5.41) is 1.14. The molecule has 0 bridgehead atoms. The molecule has 0 spiro atoms. The number of fused-ring (bicyclic) bond motifs is 1. The van der Waals surface area contributed by atoms with E-state index in [1.807, 2.05) is 18.2 Å². The molecule has 102 valence electrons. The molecule has 4 heteroatoms. The zero-order chi connectivity index (χ0) is 13.7. The van der Waals surface area contributed by atoms with Gasteiger partial charge in [-0.25, -0.2) is 4.98 Å². The van der Waals surface area contributed by atoms with Crippen LogP contribution in [0.25, 0.3) is 10.9 Å². The number of rotatable bonds is 6. The highest BCUT2D eigenvalue weighted by molar-refractivity contribution is 5.81. The summed E-state index contributed by atoms with van der Waals surface area (Å²) in [6.07, 6.45) is 1.02. The standard InChI is InChI=1S/C15H21N3O/c1-18(8-5-9-19-2)11-13-10-12-6-3-4-7-14(12)17-15(13)16/h3-4,6-7,10H,5,8-9,11H2,1-2H3,(H2,16,17). The lowest BCUT2D eigenvalue weighted by molar-refractivity contribution is 0.178. The van der Waals surface area contributed by atoms with Crippen molar-refractivity contribution < 1.29 is 4.74 Å². The van der Waals surface area contributed by atoms with E-state index in [0.29, 0.717) is 5.82 Å². The number of pyridine rings is 1. The minimum absolute atomic E-state index is 0.622. The Bertz CT molecular complexity index is 542. The summed E-state index contributed by atoms with van der Waals surface area (Å²) in [4.78, 5) is 6.69. The average molecular weight is 259 g/mol. The minimum atomic E-state index is 0.622. The van der Waals surface area contributed by atoms with Crippen LogP contribution in [-0.2, 0) is 11.3 Å². The molecule has 0 aliphatic rings. The number of methoxy groups -OCH3 is 1. The molecule has 1 aromatic carbocycles. The molecular formula is C15H21N3O. The van der Waals surface area contributed by atoms with E-state index in [4.69, 9.17) is 10.5 Å². The third kappa shape index (κ3) is 3.66. The second-order valence-electron chi connectivity index (χ2n) is 4.81. The van der Waals surface area contributed by atoms with Gasteiger partial charge in [0.15, 0.2) is 0 Å². The van der Waals surface area contributed by atoms with Crippen LogP contribution in [0.3, 0.4) is 0 Å². The molecule has 2 N–H and O–H groups in total. The number of nitrogen functional groups attached to an aromatic ring is 1. The molecule has 0 saturated heterocycles. The van der Waals surface area contributed by atoms with E-state index in [-0.39, 0.29) is 0 Å². The highest BCUT2D eigenvalue weighted by Gasteiger charge is 2.06. The van der Waals surface area contributed by atoms with Crippen molar-refractivity contribution in [2.24, 2.45) is 0 Å². The van der Waals surface area contributed by atoms with Crippen molar-refractivity contribution in [1.29, 1.82) is 0 Å². The Labute approximate surface area is 114 Å². The molecule has 0 unspecified atom stereocenters. The maximum atomic E-state index is 6.03. The first-order chi connectivity index (χ1) is 9.20. The van der Waals surface area contributed by atoms with Gasteiger partial charge in [0.05, 0.1) is 5.52 Å². The number of benzene rings is 1. The zero-order valence-electron chi connectivity index (χ0n) is 11.6. The van der Waals surface area contributed by atoms with E-state index in [0.717, 1.165) is 42.6 Å². The Balaban J connectivity index is 2.09. The average Bonchev–Trinajstić information content (AvgIpc) is 2.40. The van der Waals surface area contributed by atoms with E-state index in [1.54, 1.807) is 7.11 Å². The number of anilines is 1. The largest absolute Gasteiger partial charge is 0.385 e. The molecule has 0 saturated carbocycles. The second kappa shape index (κ2) is 6.50. The van der Waals surface area contributed by atoms with Gasteiger partial charge in [-0.05, 0) is 25.6 Å². The van der Waals surface area contributed by atoms with Gasteiger partial charge in [-0.1, -0.05) is 18.2 Å². The lowest BCUT2D eigenvalue weighted by Gasteiger charge is -2.17. The highest BCUT2D eigenvalue weighted by atomic mass is 16.5. The Morgan fingerprint density at radius 1 is 1.32 bits per heavy atom. The number of ether oxygens (including phenoxy) is 1. The molecule has 0 radical (unpaired) electrons. The first kappa shape index (κ1) is 13.8. The van der Waals surface area contributed by atoms with Gasteiger partial charge in [-0.3, -0.25) is 0 Å². The van der Waals surface area contributed by atoms with E-state index < -0.39 is 0 Å². The van der Waals surface area contributed by atoms with Crippen LogP contribution in [0.2, 0.25) is 0 Å². The van der Waals surface area contributed by atoms with Gasteiger partial charge in [0.2, 0.25) is 0 Å². The first-order valence-corrected chi connectivity index (χ1v) is 6.52. The quantitative estimate of drug-likeness (QED) is 0.809. The normalized spacial score (nSPS) is 11.3. The van der Waals surface area contributed by atoms with Crippen LogP contribution in [0, 0.1) is 0 Å². The van der Waals surface area contributed by atoms with Gasteiger partial charge in [0, 0.05) is 37.8 Å². The fourth-order valence-electron chi connectivity index (χ4n) is 2.15. The van der Waals surface area contributed by atoms with Gasteiger partial charge in [0.25, 0.3) is 0 Å². The van der Waals surface area contributed by atoms with E-state index in [2.05, 4.69) is 29.1 Å². The van der Waals surface area contributed by atoms with Crippen molar-refractivity contribution in [2.75, 3.05) is 33.0 Å². The predicted molar refractivity (Wildman–Crippen MR) is 79.0 cm³/mol. The maximum Gasteiger partial charge on any atom is 0.128 e. The Kier molecular flexibility index (Phi) is 4.71. The predicted octanol–water partition coefficient (Wildman–Crippen LogP) is 2.29. The van der Waals surface area contributed by atoms with Crippen molar-refractivity contribution in [3.05, 3.63) is 35.9 Å². The summed E-state index contributed by atoms with van der Waals surface area (Å²) in [7, 11) is 3.82. The molecule has 19 heavy (non-hydrogen) atoms. The van der Waals surface area contributed by atoms with Crippen molar-refractivity contribution in [3.63, 3.8) is 0 Å². The lowest BCUT2D eigenvalue weighted by atomic mass is 10.1. The number of aromatic nitrogens is 1. The van der Waals surface area contributed by atoms with Gasteiger partial charge in [-0.15, -0.1) is 0 Å². The lowest BCUT2D eigenvalue weighted by Crippen LogP contribution is -2.21. The second-order valence-corrected chi connectivity index (χ2v) is 4.81. The van der Waals surface area contributed by atoms with Crippen LogP contribution in [0.5, 0.6) is 0 Å². The van der Waals surface area contributed by atoms with E-state index in [9.17, 15) is 0 Å². The molecule has 1 heterocycles. The summed E-state index contributed by atoms with van der Waals surface area (Å²) in [6.45, 7) is 2.59. The van der Waals surface area contributed by atoms with Crippen LogP contribution in [0.15, 0.2) is 30.3 Å². The Morgan fingerprint density at radius 3 is 2.89 bits per heavy atom. The summed E-state index contributed by atoms with van der Waals surface area (Å²) in [5.41, 5.74) is 8.06. The fraction of sp³-hybridized carbons (Fsp3) is 0.400. The monoisotopic (exact) mass is 259 g/mol. The number of hydrogen-bond donors (Lipinski definition) is 1. The summed E-state index contributed by atoms with van der Waals surface area (Å²) in [6, 6.07) is 10.2. The Hall–Kier alpha value is -1.65. The Morgan fingerprint density at radius 2 is 2.11 bits per heavy atom. The molecule has 4 nitrogen and oxygen atoms in total. The molecule has 2 aromatic rings. The molecular weight excluding hydrogens is 238 g/mol. The van der Waals surface area contributed by atoms with Crippen LogP contribution in [0.4, 0.5) is 5.82 Å². The van der Waals surface area contributed by atoms with Gasteiger partial charge in [-0.2, -0.15) is 0 Å². The van der Waals surface area contributed by atoms with E-state index >= 15 is 0 Å². The highest BCUT2D eigenvalue weighted by Crippen LogP contribution is 2.19. The zero-order valence-corrected chi connectivity index (χ0v) is 11.6. The molecule has 0 amide bonds. The molecule has 0 fully saturated rings. The number of nitrogens with two attached hydrogens (primary N) is 1. The SMILES string of the molecule is COCCCN(C)Cc1cc2ccccc2nc1N. The third-order valence-corrected chi connectivity index (χ3v) is 3.16. The molecule has 0 aliphatic carbocycles. The topological polar surface area (TPSA) is 51.4 Å². The number of hydrogen-bond acceptors (Lipinski definition) is 4. The van der Waals surface area contributed by atoms with Crippen molar-refractivity contribution in [1.82, 2.24) is 9.88 Å². The number of nitrogens with zero attached hydrogens (tertiary/aromatic N) is 2. The van der Waals surface area contributed by atoms with Crippen molar-refractivity contribution in [3.8, 4) is 0 Å². The van der Waals surface area contributed by atoms with Crippen molar-refractivity contribution in [2.45, 2.75) is 13.0 Å². The van der Waals surface area contributed by atoms with Crippen molar-refractivity contribution >= 4 is 16.7 Å². The maximum absolute atomic E-state index is 6.03. The number of para-hydroxylation sites is 1. The first-order valence-electron chi connectivity index (χ1n) is 6.52. The van der Waals surface area contributed by atoms with Gasteiger partial charge < -0.3 is 15.4 Å². The molecule has 0 atom stereocenters. The van der Waals surface area contributed by atoms with Crippen LogP contribution >= 0.6 is 0 Å². The minimum Gasteiger partial charge on any atom is -0.385 e. The fourth-order valence-corrected chi connectivity index (χ4v) is 2.15. The third-order valence-electron chi connectivity index (χ3n) is 3.16. The van der Waals surface area contributed by atoms with Gasteiger partial charge >= 0.3 is 0 Å². The van der Waals surface area contributed by atoms with E-state index in [1.165, 1.54) is 0 Å². The van der Waals surface area contributed by atoms with Crippen LogP contribution in [0.1, 0.15) is 12.0 Å².